The Morgan fingerprint density at radius 1 is 1.37 bits per heavy atom. The summed E-state index contributed by atoms with van der Waals surface area (Å²) >= 11 is 4.13. The van der Waals surface area contributed by atoms with Gasteiger partial charge >= 0.3 is 0 Å². The minimum Gasteiger partial charge on any atom is -0.481 e. The fourth-order valence-corrected chi connectivity index (χ4v) is 4.58. The van der Waals surface area contributed by atoms with Crippen molar-refractivity contribution in [2.45, 2.75) is 11.8 Å². The second-order valence-electron chi connectivity index (χ2n) is 4.30. The zero-order valence-electron chi connectivity index (χ0n) is 10.9. The summed E-state index contributed by atoms with van der Waals surface area (Å²) in [6, 6.07) is 8.06. The number of benzene rings is 1. The number of para-hydroxylation sites is 1. The number of hydrogen-bond acceptors (Lipinski definition) is 4. The average Bonchev–Trinajstić information content (AvgIpc) is 2.47. The van der Waals surface area contributed by atoms with Crippen LogP contribution in [0.4, 0.5) is 0 Å². The molecule has 1 fully saturated rings. The van der Waals surface area contributed by atoms with Gasteiger partial charge < -0.3 is 10.1 Å². The summed E-state index contributed by atoms with van der Waals surface area (Å²) in [6.45, 7) is 2.22. The van der Waals surface area contributed by atoms with E-state index in [4.69, 9.17) is 11.2 Å². The molecular weight excluding hydrogens is 274 g/mol. The molecule has 2 nitrogen and oxygen atoms in total. The molecule has 1 N–H and O–H groups in total. The SMILES string of the molecule is C#CCOc1ccccc1CNCC1CSCCS1. The van der Waals surface area contributed by atoms with Crippen molar-refractivity contribution >= 4 is 23.5 Å². The Morgan fingerprint density at radius 2 is 2.26 bits per heavy atom. The molecule has 0 saturated carbocycles. The van der Waals surface area contributed by atoms with Crippen molar-refractivity contribution in [2.75, 3.05) is 30.4 Å². The van der Waals surface area contributed by atoms with Gasteiger partial charge in [-0.1, -0.05) is 24.1 Å². The van der Waals surface area contributed by atoms with E-state index in [1.165, 1.54) is 22.8 Å². The number of rotatable bonds is 6. The molecule has 0 aliphatic carbocycles. The molecule has 1 atom stereocenters. The van der Waals surface area contributed by atoms with Crippen LogP contribution in [0, 0.1) is 12.3 Å². The van der Waals surface area contributed by atoms with Gasteiger partial charge in [0.05, 0.1) is 0 Å². The van der Waals surface area contributed by atoms with Gasteiger partial charge in [-0.3, -0.25) is 0 Å². The molecular formula is C15H19NOS2. The standard InChI is InChI=1S/C15H19NOS2/c1-2-7-17-15-6-4-3-5-13(15)10-16-11-14-12-18-8-9-19-14/h1,3-6,14,16H,7-12H2. The normalized spacial score (nSPS) is 18.8. The highest BCUT2D eigenvalue weighted by Crippen LogP contribution is 2.23. The smallest absolute Gasteiger partial charge is 0.148 e. The fraction of sp³-hybridized carbons (Fsp3) is 0.467. The van der Waals surface area contributed by atoms with Crippen molar-refractivity contribution < 1.29 is 4.74 Å². The van der Waals surface area contributed by atoms with Crippen molar-refractivity contribution in [1.82, 2.24) is 5.32 Å². The van der Waals surface area contributed by atoms with Crippen LogP contribution in [0.2, 0.25) is 0 Å². The molecule has 1 heterocycles. The van der Waals surface area contributed by atoms with E-state index in [2.05, 4.69) is 40.8 Å². The molecule has 2 rings (SSSR count). The third kappa shape index (κ3) is 5.02. The summed E-state index contributed by atoms with van der Waals surface area (Å²) in [5, 5.41) is 4.26. The first kappa shape index (κ1) is 14.6. The molecule has 0 amide bonds. The van der Waals surface area contributed by atoms with Crippen LogP contribution < -0.4 is 10.1 Å². The van der Waals surface area contributed by atoms with Crippen molar-refractivity contribution in [2.24, 2.45) is 0 Å². The van der Waals surface area contributed by atoms with Crippen LogP contribution in [0.15, 0.2) is 24.3 Å². The van der Waals surface area contributed by atoms with Gasteiger partial charge in [0.15, 0.2) is 0 Å². The fourth-order valence-electron chi connectivity index (χ4n) is 1.93. The maximum atomic E-state index is 5.54. The van der Waals surface area contributed by atoms with Crippen LogP contribution in [-0.4, -0.2) is 35.7 Å². The van der Waals surface area contributed by atoms with E-state index in [9.17, 15) is 0 Å². The Bertz CT molecular complexity index is 424. The lowest BCUT2D eigenvalue weighted by molar-refractivity contribution is 0.365. The van der Waals surface area contributed by atoms with E-state index in [0.717, 1.165) is 24.1 Å². The summed E-state index contributed by atoms with van der Waals surface area (Å²) in [5.74, 6) is 7.22. The van der Waals surface area contributed by atoms with Crippen molar-refractivity contribution in [1.29, 1.82) is 0 Å². The Hall–Kier alpha value is -0.760. The zero-order chi connectivity index (χ0) is 13.3. The monoisotopic (exact) mass is 293 g/mol. The lowest BCUT2D eigenvalue weighted by Gasteiger charge is -2.21. The molecule has 0 spiro atoms. The molecule has 102 valence electrons. The first-order valence-electron chi connectivity index (χ1n) is 6.44. The van der Waals surface area contributed by atoms with Crippen LogP contribution in [-0.2, 0) is 6.54 Å². The summed E-state index contributed by atoms with van der Waals surface area (Å²) in [6.07, 6.45) is 5.23. The maximum Gasteiger partial charge on any atom is 0.148 e. The summed E-state index contributed by atoms with van der Waals surface area (Å²) < 4.78 is 5.54. The van der Waals surface area contributed by atoms with E-state index >= 15 is 0 Å². The molecule has 1 unspecified atom stereocenters. The van der Waals surface area contributed by atoms with Gasteiger partial charge in [-0.25, -0.2) is 0 Å². The van der Waals surface area contributed by atoms with E-state index in [1.807, 2.05) is 18.2 Å². The predicted molar refractivity (Wildman–Crippen MR) is 86.0 cm³/mol. The largest absolute Gasteiger partial charge is 0.481 e. The first-order valence-corrected chi connectivity index (χ1v) is 8.64. The minimum absolute atomic E-state index is 0.326. The molecule has 1 aromatic rings. The average molecular weight is 293 g/mol. The van der Waals surface area contributed by atoms with Crippen LogP contribution in [0.3, 0.4) is 0 Å². The number of ether oxygens (including phenoxy) is 1. The van der Waals surface area contributed by atoms with E-state index in [0.29, 0.717) is 6.61 Å². The van der Waals surface area contributed by atoms with Gasteiger partial charge in [-0.15, -0.1) is 6.42 Å². The molecule has 4 heteroatoms. The van der Waals surface area contributed by atoms with Gasteiger partial charge in [0.2, 0.25) is 0 Å². The molecule has 0 radical (unpaired) electrons. The van der Waals surface area contributed by atoms with E-state index in [-0.39, 0.29) is 0 Å². The van der Waals surface area contributed by atoms with Crippen LogP contribution in [0.5, 0.6) is 5.75 Å². The van der Waals surface area contributed by atoms with Crippen LogP contribution in [0.1, 0.15) is 5.56 Å². The van der Waals surface area contributed by atoms with E-state index in [1.54, 1.807) is 0 Å². The van der Waals surface area contributed by atoms with Crippen molar-refractivity contribution in [3.8, 4) is 18.1 Å². The Balaban J connectivity index is 1.79. The molecule has 1 aliphatic rings. The van der Waals surface area contributed by atoms with Crippen LogP contribution >= 0.6 is 23.5 Å². The quantitative estimate of drug-likeness (QED) is 0.814. The number of thioether (sulfide) groups is 2. The van der Waals surface area contributed by atoms with Gasteiger partial charge in [-0.2, -0.15) is 23.5 Å². The lowest BCUT2D eigenvalue weighted by atomic mass is 10.2. The molecule has 1 aliphatic heterocycles. The highest BCUT2D eigenvalue weighted by molar-refractivity contribution is 8.06. The first-order chi connectivity index (χ1) is 9.40. The Kier molecular flexibility index (Phi) is 6.49. The molecule has 1 saturated heterocycles. The summed E-state index contributed by atoms with van der Waals surface area (Å²) in [7, 11) is 0. The van der Waals surface area contributed by atoms with Crippen molar-refractivity contribution in [3.05, 3.63) is 29.8 Å². The minimum atomic E-state index is 0.326. The Labute approximate surface area is 124 Å². The summed E-state index contributed by atoms with van der Waals surface area (Å²) in [5.41, 5.74) is 1.17. The topological polar surface area (TPSA) is 21.3 Å². The zero-order valence-corrected chi connectivity index (χ0v) is 12.6. The van der Waals surface area contributed by atoms with E-state index < -0.39 is 0 Å². The molecule has 1 aromatic carbocycles. The van der Waals surface area contributed by atoms with Crippen molar-refractivity contribution in [3.63, 3.8) is 0 Å². The van der Waals surface area contributed by atoms with Gasteiger partial charge in [0.1, 0.15) is 12.4 Å². The predicted octanol–water partition coefficient (Wildman–Crippen LogP) is 2.64. The molecule has 0 bridgehead atoms. The van der Waals surface area contributed by atoms with Gasteiger partial charge in [-0.05, 0) is 6.07 Å². The summed E-state index contributed by atoms with van der Waals surface area (Å²) in [4.78, 5) is 0. The van der Waals surface area contributed by atoms with Gasteiger partial charge in [0, 0.05) is 41.2 Å². The van der Waals surface area contributed by atoms with Gasteiger partial charge in [0.25, 0.3) is 0 Å². The highest BCUT2D eigenvalue weighted by Gasteiger charge is 2.13. The number of terminal acetylenes is 1. The lowest BCUT2D eigenvalue weighted by Crippen LogP contribution is -2.28. The third-order valence-corrected chi connectivity index (χ3v) is 5.70. The second-order valence-corrected chi connectivity index (χ2v) is 6.86. The van der Waals surface area contributed by atoms with Crippen LogP contribution in [0.25, 0.3) is 0 Å². The second kappa shape index (κ2) is 8.42. The third-order valence-electron chi connectivity index (χ3n) is 2.86. The molecule has 19 heavy (non-hydrogen) atoms. The maximum absolute atomic E-state index is 5.54. The number of nitrogens with one attached hydrogen (secondary N) is 1. The number of hydrogen-bond donors (Lipinski definition) is 1. The Morgan fingerprint density at radius 3 is 3.05 bits per heavy atom. The highest BCUT2D eigenvalue weighted by atomic mass is 32.2. The molecule has 0 aromatic heterocycles.